The molecule has 1 spiro atoms. The van der Waals surface area contributed by atoms with Crippen molar-refractivity contribution < 1.29 is 15.0 Å². The number of aliphatic carboxylic acids is 1. The third-order valence-electron chi connectivity index (χ3n) is 6.36. The van der Waals surface area contributed by atoms with Crippen LogP contribution in [-0.2, 0) is 4.79 Å². The van der Waals surface area contributed by atoms with E-state index in [4.69, 9.17) is 5.11 Å². The van der Waals surface area contributed by atoms with Crippen molar-refractivity contribution in [2.24, 2.45) is 11.3 Å². The molecule has 2 N–H and O–H groups in total. The van der Waals surface area contributed by atoms with Crippen LogP contribution in [0.15, 0.2) is 0 Å². The van der Waals surface area contributed by atoms with Crippen molar-refractivity contribution in [1.29, 1.82) is 0 Å². The van der Waals surface area contributed by atoms with E-state index in [1.165, 1.54) is 38.5 Å². The highest BCUT2D eigenvalue weighted by Crippen LogP contribution is 2.46. The Morgan fingerprint density at radius 3 is 2.10 bits per heavy atom. The maximum absolute atomic E-state index is 11.0. The molecule has 0 radical (unpaired) electrons. The van der Waals surface area contributed by atoms with Crippen molar-refractivity contribution in [1.82, 2.24) is 4.90 Å². The van der Waals surface area contributed by atoms with Crippen LogP contribution >= 0.6 is 0 Å². The summed E-state index contributed by atoms with van der Waals surface area (Å²) in [5.41, 5.74) is -0.0216. The van der Waals surface area contributed by atoms with Gasteiger partial charge < -0.3 is 15.1 Å². The van der Waals surface area contributed by atoms with Crippen LogP contribution in [0.1, 0.15) is 64.2 Å². The van der Waals surface area contributed by atoms with Gasteiger partial charge in [-0.3, -0.25) is 4.79 Å². The lowest BCUT2D eigenvalue weighted by Crippen LogP contribution is -2.49. The van der Waals surface area contributed by atoms with Gasteiger partial charge in [0.05, 0.1) is 11.5 Å². The topological polar surface area (TPSA) is 60.8 Å². The molecule has 120 valence electrons. The normalized spacial score (nSPS) is 36.9. The first-order valence-electron chi connectivity index (χ1n) is 8.68. The van der Waals surface area contributed by atoms with Gasteiger partial charge in [0.2, 0.25) is 0 Å². The third kappa shape index (κ3) is 3.42. The standard InChI is InChI=1S/C17H29NO3/c19-15(20)14-3-7-17(21,8-4-14)13-18-11-9-16(10-12-18)5-1-2-6-16/h14,21H,1-13H2,(H,19,20). The van der Waals surface area contributed by atoms with Gasteiger partial charge in [0, 0.05) is 6.54 Å². The number of hydrogen-bond acceptors (Lipinski definition) is 3. The summed E-state index contributed by atoms with van der Waals surface area (Å²) < 4.78 is 0. The summed E-state index contributed by atoms with van der Waals surface area (Å²) in [5, 5.41) is 19.8. The van der Waals surface area contributed by atoms with E-state index in [9.17, 15) is 9.90 Å². The largest absolute Gasteiger partial charge is 0.481 e. The maximum Gasteiger partial charge on any atom is 0.306 e. The van der Waals surface area contributed by atoms with Crippen LogP contribution in [0.25, 0.3) is 0 Å². The van der Waals surface area contributed by atoms with E-state index in [1.807, 2.05) is 0 Å². The molecule has 4 heteroatoms. The van der Waals surface area contributed by atoms with E-state index in [-0.39, 0.29) is 5.92 Å². The van der Waals surface area contributed by atoms with Gasteiger partial charge >= 0.3 is 5.97 Å². The highest BCUT2D eigenvalue weighted by molar-refractivity contribution is 5.70. The van der Waals surface area contributed by atoms with Crippen LogP contribution in [0.4, 0.5) is 0 Å². The fraction of sp³-hybridized carbons (Fsp3) is 0.941. The Balaban J connectivity index is 1.48. The monoisotopic (exact) mass is 295 g/mol. The van der Waals surface area contributed by atoms with Crippen molar-refractivity contribution in [3.63, 3.8) is 0 Å². The zero-order valence-electron chi connectivity index (χ0n) is 13.0. The van der Waals surface area contributed by atoms with Crippen molar-refractivity contribution in [3.05, 3.63) is 0 Å². The first kappa shape index (κ1) is 15.3. The van der Waals surface area contributed by atoms with E-state index < -0.39 is 11.6 Å². The molecule has 0 amide bonds. The number of carboxylic acids is 1. The number of piperidine rings is 1. The summed E-state index contributed by atoms with van der Waals surface area (Å²) >= 11 is 0. The van der Waals surface area contributed by atoms with E-state index in [0.29, 0.717) is 31.1 Å². The minimum absolute atomic E-state index is 0.242. The fourth-order valence-electron chi connectivity index (χ4n) is 4.79. The molecular weight excluding hydrogens is 266 g/mol. The smallest absolute Gasteiger partial charge is 0.306 e. The van der Waals surface area contributed by atoms with Crippen LogP contribution in [-0.4, -0.2) is 46.3 Å². The number of carboxylic acid groups (broad SMARTS) is 1. The molecule has 2 aliphatic carbocycles. The van der Waals surface area contributed by atoms with Gasteiger partial charge in [0.15, 0.2) is 0 Å². The maximum atomic E-state index is 11.0. The molecular formula is C17H29NO3. The summed E-state index contributed by atoms with van der Waals surface area (Å²) in [5.74, 6) is -0.938. The zero-order valence-corrected chi connectivity index (χ0v) is 13.0. The van der Waals surface area contributed by atoms with Gasteiger partial charge in [-0.2, -0.15) is 0 Å². The number of hydrogen-bond donors (Lipinski definition) is 2. The quantitative estimate of drug-likeness (QED) is 0.840. The second-order valence-corrected chi connectivity index (χ2v) is 7.82. The van der Waals surface area contributed by atoms with Gasteiger partial charge in [-0.05, 0) is 69.9 Å². The lowest BCUT2D eigenvalue weighted by molar-refractivity contribution is -0.145. The van der Waals surface area contributed by atoms with Crippen LogP contribution in [0.5, 0.6) is 0 Å². The Hall–Kier alpha value is -0.610. The Kier molecular flexibility index (Phi) is 4.28. The number of carbonyl (C=O) groups is 1. The Morgan fingerprint density at radius 1 is 1.00 bits per heavy atom. The molecule has 0 aromatic carbocycles. The third-order valence-corrected chi connectivity index (χ3v) is 6.36. The summed E-state index contributed by atoms with van der Waals surface area (Å²) in [4.78, 5) is 13.4. The van der Waals surface area contributed by atoms with Gasteiger partial charge in [-0.1, -0.05) is 12.8 Å². The highest BCUT2D eigenvalue weighted by Gasteiger charge is 2.41. The first-order valence-corrected chi connectivity index (χ1v) is 8.68. The number of likely N-dealkylation sites (tertiary alicyclic amines) is 1. The molecule has 3 rings (SSSR count). The average Bonchev–Trinajstić information content (AvgIpc) is 2.90. The molecule has 2 saturated carbocycles. The SMILES string of the molecule is O=C(O)C1CCC(O)(CN2CCC3(CCCC3)CC2)CC1. The predicted octanol–water partition coefficient (Wildman–Crippen LogP) is 2.65. The summed E-state index contributed by atoms with van der Waals surface area (Å²) in [6.07, 6.45) is 10.8. The molecule has 1 aliphatic heterocycles. The summed E-state index contributed by atoms with van der Waals surface area (Å²) in [6.45, 7) is 2.98. The van der Waals surface area contributed by atoms with E-state index in [0.717, 1.165) is 19.6 Å². The number of nitrogens with zero attached hydrogens (tertiary/aromatic N) is 1. The molecule has 4 nitrogen and oxygen atoms in total. The fourth-order valence-corrected chi connectivity index (χ4v) is 4.79. The Bertz CT molecular complexity index is 371. The number of rotatable bonds is 3. The van der Waals surface area contributed by atoms with Crippen LogP contribution < -0.4 is 0 Å². The lowest BCUT2D eigenvalue weighted by atomic mass is 9.75. The van der Waals surface area contributed by atoms with E-state index in [1.54, 1.807) is 0 Å². The van der Waals surface area contributed by atoms with Crippen LogP contribution in [0.3, 0.4) is 0 Å². The second kappa shape index (κ2) is 5.88. The molecule has 0 atom stereocenters. The molecule has 0 unspecified atom stereocenters. The molecule has 1 heterocycles. The molecule has 0 aromatic heterocycles. The van der Waals surface area contributed by atoms with Crippen LogP contribution in [0.2, 0.25) is 0 Å². The van der Waals surface area contributed by atoms with E-state index >= 15 is 0 Å². The molecule has 1 saturated heterocycles. The molecule has 3 aliphatic rings. The van der Waals surface area contributed by atoms with Gasteiger partial charge in [0.1, 0.15) is 0 Å². The van der Waals surface area contributed by atoms with Gasteiger partial charge in [-0.15, -0.1) is 0 Å². The summed E-state index contributed by atoms with van der Waals surface area (Å²) in [6, 6.07) is 0. The van der Waals surface area contributed by atoms with Gasteiger partial charge in [-0.25, -0.2) is 0 Å². The van der Waals surface area contributed by atoms with Crippen molar-refractivity contribution in [2.75, 3.05) is 19.6 Å². The van der Waals surface area contributed by atoms with E-state index in [2.05, 4.69) is 4.90 Å². The van der Waals surface area contributed by atoms with Crippen LogP contribution in [0, 0.1) is 11.3 Å². The minimum atomic E-state index is -0.696. The first-order chi connectivity index (χ1) is 10.0. The second-order valence-electron chi connectivity index (χ2n) is 7.82. The summed E-state index contributed by atoms with van der Waals surface area (Å²) in [7, 11) is 0. The highest BCUT2D eigenvalue weighted by atomic mass is 16.4. The minimum Gasteiger partial charge on any atom is -0.481 e. The number of β-amino-alcohol motifs (C(OH)–C–C–N with tert-alkyl or cyclic N) is 1. The van der Waals surface area contributed by atoms with Crippen molar-refractivity contribution in [3.8, 4) is 0 Å². The van der Waals surface area contributed by atoms with Crippen molar-refractivity contribution in [2.45, 2.75) is 69.8 Å². The lowest BCUT2D eigenvalue weighted by Gasteiger charge is -2.44. The van der Waals surface area contributed by atoms with Crippen molar-refractivity contribution >= 4 is 5.97 Å². The molecule has 21 heavy (non-hydrogen) atoms. The van der Waals surface area contributed by atoms with Gasteiger partial charge in [0.25, 0.3) is 0 Å². The molecule has 0 aromatic rings. The number of aliphatic hydroxyl groups is 1. The molecule has 0 bridgehead atoms. The Labute approximate surface area is 127 Å². The predicted molar refractivity (Wildman–Crippen MR) is 81.1 cm³/mol. The zero-order chi connectivity index (χ0) is 14.9. The molecule has 3 fully saturated rings. The average molecular weight is 295 g/mol. The Morgan fingerprint density at radius 2 is 1.57 bits per heavy atom.